The summed E-state index contributed by atoms with van der Waals surface area (Å²) in [7, 11) is -2.07. The Kier molecular flexibility index (Phi) is 7.08. The zero-order valence-corrected chi connectivity index (χ0v) is 14.2. The predicted molar refractivity (Wildman–Crippen MR) is 76.5 cm³/mol. The lowest BCUT2D eigenvalue weighted by Crippen LogP contribution is -2.46. The van der Waals surface area contributed by atoms with E-state index < -0.39 is 20.4 Å². The minimum atomic E-state index is -4.93. The van der Waals surface area contributed by atoms with Gasteiger partial charge in [-0.25, -0.2) is 0 Å². The molecule has 0 heterocycles. The number of hydrogen-bond donors (Lipinski definition) is 0. The van der Waals surface area contributed by atoms with Crippen molar-refractivity contribution in [3.8, 4) is 0 Å². The third kappa shape index (κ3) is 6.60. The second kappa shape index (κ2) is 7.39. The van der Waals surface area contributed by atoms with Crippen molar-refractivity contribution in [2.24, 2.45) is 0 Å². The van der Waals surface area contributed by atoms with Crippen LogP contribution in [0.15, 0.2) is 0 Å². The average molecular weight is 327 g/mol. The number of rotatable bonds is 7. The molecule has 21 heavy (non-hydrogen) atoms. The Morgan fingerprint density at radius 1 is 1.19 bits per heavy atom. The molecular weight excluding hydrogens is 303 g/mol. The zero-order valence-electron chi connectivity index (χ0n) is 13.2. The summed E-state index contributed by atoms with van der Waals surface area (Å²) in [5.41, 5.74) is 0. The molecule has 4 nitrogen and oxygen atoms in total. The third-order valence-electron chi connectivity index (χ3n) is 3.68. The van der Waals surface area contributed by atoms with Crippen LogP contribution < -0.4 is 0 Å². The number of halogens is 3. The molecule has 0 saturated heterocycles. The molecule has 124 valence electrons. The van der Waals surface area contributed by atoms with Gasteiger partial charge in [0.05, 0.1) is 6.61 Å². The monoisotopic (exact) mass is 327 g/mol. The van der Waals surface area contributed by atoms with Gasteiger partial charge in [0.15, 0.2) is 8.32 Å². The van der Waals surface area contributed by atoms with E-state index in [1.165, 1.54) is 0 Å². The highest BCUT2D eigenvalue weighted by Gasteiger charge is 2.42. The van der Waals surface area contributed by atoms with Crippen molar-refractivity contribution in [3.63, 3.8) is 0 Å². The van der Waals surface area contributed by atoms with Gasteiger partial charge < -0.3 is 14.1 Å². The van der Waals surface area contributed by atoms with Gasteiger partial charge in [0.25, 0.3) is 0 Å². The van der Waals surface area contributed by atoms with Crippen LogP contribution in [0.25, 0.3) is 0 Å². The van der Waals surface area contributed by atoms with Crippen molar-refractivity contribution >= 4 is 20.5 Å². The second-order valence-electron chi connectivity index (χ2n) is 6.35. The highest BCUT2D eigenvalue weighted by molar-refractivity contribution is 6.74. The maximum Gasteiger partial charge on any atom is 0.471 e. The summed E-state index contributed by atoms with van der Waals surface area (Å²) in [5, 5.41) is -0.0609. The van der Waals surface area contributed by atoms with Gasteiger partial charge in [-0.15, -0.1) is 0 Å². The third-order valence-corrected chi connectivity index (χ3v) is 8.22. The molecule has 0 aromatic rings. The van der Waals surface area contributed by atoms with Crippen LogP contribution >= 0.6 is 0 Å². The summed E-state index contributed by atoms with van der Waals surface area (Å²) in [4.78, 5) is 22.2. The van der Waals surface area contributed by atoms with Crippen LogP contribution in [0.2, 0.25) is 18.1 Å². The zero-order chi connectivity index (χ0) is 16.9. The Hall–Kier alpha value is -0.893. The Bertz CT molecular complexity index is 365. The van der Waals surface area contributed by atoms with Crippen LogP contribution in [0.4, 0.5) is 13.2 Å². The molecule has 0 aliphatic rings. The summed E-state index contributed by atoms with van der Waals surface area (Å²) in [6.45, 7) is 9.64. The molecule has 0 aromatic carbocycles. The predicted octanol–water partition coefficient (Wildman–Crippen LogP) is 2.99. The molecule has 0 fully saturated rings. The fourth-order valence-electron chi connectivity index (χ4n) is 1.33. The van der Waals surface area contributed by atoms with E-state index in [9.17, 15) is 22.8 Å². The summed E-state index contributed by atoms with van der Waals surface area (Å²) in [6, 6.07) is 0. The van der Waals surface area contributed by atoms with Crippen molar-refractivity contribution in [1.82, 2.24) is 4.90 Å². The molecule has 0 rings (SSSR count). The van der Waals surface area contributed by atoms with E-state index >= 15 is 0 Å². The van der Waals surface area contributed by atoms with Crippen molar-refractivity contribution in [3.05, 3.63) is 0 Å². The van der Waals surface area contributed by atoms with Gasteiger partial charge in [-0.2, -0.15) is 13.2 Å². The lowest BCUT2D eigenvalue weighted by Gasteiger charge is -2.36. The smallest absolute Gasteiger partial charge is 0.415 e. The van der Waals surface area contributed by atoms with Gasteiger partial charge in [0.1, 0.15) is 6.29 Å². The van der Waals surface area contributed by atoms with Crippen molar-refractivity contribution in [1.29, 1.82) is 0 Å². The molecule has 0 bridgehead atoms. The van der Waals surface area contributed by atoms with E-state index in [0.29, 0.717) is 11.2 Å². The van der Waals surface area contributed by atoms with Crippen LogP contribution in [0.1, 0.15) is 27.2 Å². The van der Waals surface area contributed by atoms with Crippen molar-refractivity contribution in [2.45, 2.75) is 51.5 Å². The first kappa shape index (κ1) is 20.1. The molecule has 0 spiro atoms. The molecular formula is C13H24F3NO3Si. The Labute approximate surface area is 124 Å². The van der Waals surface area contributed by atoms with Crippen LogP contribution in [-0.2, 0) is 14.0 Å². The Morgan fingerprint density at radius 3 is 2.10 bits per heavy atom. The van der Waals surface area contributed by atoms with E-state index in [-0.39, 0.29) is 31.2 Å². The molecule has 0 aromatic heterocycles. The first-order chi connectivity index (χ1) is 9.33. The minimum absolute atomic E-state index is 0.0389. The molecule has 0 unspecified atom stereocenters. The quantitative estimate of drug-likeness (QED) is 0.533. The standard InChI is InChI=1S/C13H24F3NO3Si/c1-12(2,3)21(4,5)20-10-8-17(7-6-9-18)11(19)13(14,15)16/h9H,6-8,10H2,1-5H3. The van der Waals surface area contributed by atoms with Crippen molar-refractivity contribution in [2.75, 3.05) is 19.7 Å². The molecule has 0 N–H and O–H groups in total. The van der Waals surface area contributed by atoms with E-state index in [1.54, 1.807) is 0 Å². The van der Waals surface area contributed by atoms with E-state index in [2.05, 4.69) is 0 Å². The molecule has 8 heteroatoms. The van der Waals surface area contributed by atoms with Crippen LogP contribution in [0, 0.1) is 0 Å². The normalized spacial score (nSPS) is 13.1. The van der Waals surface area contributed by atoms with Gasteiger partial charge >= 0.3 is 12.1 Å². The van der Waals surface area contributed by atoms with Crippen LogP contribution in [-0.4, -0.2) is 51.3 Å². The lowest BCUT2D eigenvalue weighted by molar-refractivity contribution is -0.185. The van der Waals surface area contributed by atoms with Crippen molar-refractivity contribution < 1.29 is 27.2 Å². The van der Waals surface area contributed by atoms with E-state index in [1.807, 2.05) is 33.9 Å². The maximum absolute atomic E-state index is 12.5. The minimum Gasteiger partial charge on any atom is -0.415 e. The topological polar surface area (TPSA) is 46.6 Å². The fraction of sp³-hybridized carbons (Fsp3) is 0.846. The lowest BCUT2D eigenvalue weighted by atomic mass is 10.2. The highest BCUT2D eigenvalue weighted by Crippen LogP contribution is 2.36. The summed E-state index contributed by atoms with van der Waals surface area (Å²) in [5.74, 6) is -1.93. The van der Waals surface area contributed by atoms with Crippen LogP contribution in [0.3, 0.4) is 0 Å². The summed E-state index contributed by atoms with van der Waals surface area (Å²) in [6.07, 6.45) is -4.56. The number of carbonyl (C=O) groups excluding carboxylic acids is 2. The maximum atomic E-state index is 12.5. The fourth-order valence-corrected chi connectivity index (χ4v) is 2.36. The van der Waals surface area contributed by atoms with Crippen LogP contribution in [0.5, 0.6) is 0 Å². The molecule has 0 aliphatic heterocycles. The summed E-state index contributed by atoms with van der Waals surface area (Å²) < 4.78 is 43.2. The molecule has 0 aliphatic carbocycles. The first-order valence-corrected chi connectivity index (χ1v) is 9.67. The average Bonchev–Trinajstić information content (AvgIpc) is 2.29. The van der Waals surface area contributed by atoms with Gasteiger partial charge in [-0.1, -0.05) is 20.8 Å². The largest absolute Gasteiger partial charge is 0.471 e. The Morgan fingerprint density at radius 2 is 1.71 bits per heavy atom. The van der Waals surface area contributed by atoms with Gasteiger partial charge in [0, 0.05) is 19.5 Å². The number of carbonyl (C=O) groups is 2. The first-order valence-electron chi connectivity index (χ1n) is 6.76. The molecule has 0 atom stereocenters. The van der Waals surface area contributed by atoms with Gasteiger partial charge in [-0.3, -0.25) is 4.79 Å². The summed E-state index contributed by atoms with van der Waals surface area (Å²) >= 11 is 0. The van der Waals surface area contributed by atoms with E-state index in [0.717, 1.165) is 0 Å². The van der Waals surface area contributed by atoms with E-state index in [4.69, 9.17) is 4.43 Å². The Balaban J connectivity index is 4.64. The SMILES string of the molecule is CC(C)(C)[Si](C)(C)OCCN(CCC=O)C(=O)C(F)(F)F. The number of amides is 1. The van der Waals surface area contributed by atoms with Gasteiger partial charge in [0.2, 0.25) is 0 Å². The number of aldehydes is 1. The number of hydrogen-bond acceptors (Lipinski definition) is 3. The highest BCUT2D eigenvalue weighted by atomic mass is 28.4. The van der Waals surface area contributed by atoms with Gasteiger partial charge in [-0.05, 0) is 18.1 Å². The number of nitrogens with zero attached hydrogens (tertiary/aromatic N) is 1. The molecule has 0 saturated carbocycles. The second-order valence-corrected chi connectivity index (χ2v) is 11.2. The molecule has 0 radical (unpaired) electrons. The number of alkyl halides is 3. The molecule has 1 amide bonds.